The summed E-state index contributed by atoms with van der Waals surface area (Å²) in [5, 5.41) is 7.90. The van der Waals surface area contributed by atoms with Gasteiger partial charge >= 0.3 is 0 Å². The molecule has 0 aliphatic heterocycles. The molecule has 0 aliphatic rings. The summed E-state index contributed by atoms with van der Waals surface area (Å²) < 4.78 is 1.90. The van der Waals surface area contributed by atoms with E-state index in [1.165, 1.54) is 5.56 Å². The van der Waals surface area contributed by atoms with E-state index in [4.69, 9.17) is 0 Å². The molecule has 0 saturated heterocycles. The number of aryl methyl sites for hydroxylation is 1. The van der Waals surface area contributed by atoms with Gasteiger partial charge in [0.25, 0.3) is 0 Å². The molecule has 0 unspecified atom stereocenters. The van der Waals surface area contributed by atoms with Crippen molar-refractivity contribution in [3.63, 3.8) is 0 Å². The van der Waals surface area contributed by atoms with E-state index in [1.54, 1.807) is 6.20 Å². The molecule has 1 N–H and O–H groups in total. The Bertz CT molecular complexity index is 1060. The molecule has 6 nitrogen and oxygen atoms in total. The van der Waals surface area contributed by atoms with Gasteiger partial charge in [-0.15, -0.1) is 0 Å². The first-order valence-corrected chi connectivity index (χ1v) is 9.30. The van der Waals surface area contributed by atoms with Gasteiger partial charge in [0, 0.05) is 30.2 Å². The minimum Gasteiger partial charge on any atom is -0.369 e. The molecule has 140 valence electrons. The molecule has 0 atom stereocenters. The lowest BCUT2D eigenvalue weighted by Gasteiger charge is -2.11. The van der Waals surface area contributed by atoms with Gasteiger partial charge in [0.2, 0.25) is 0 Å². The predicted octanol–water partition coefficient (Wildman–Crippen LogP) is 4.00. The van der Waals surface area contributed by atoms with Crippen LogP contribution in [0.5, 0.6) is 0 Å². The van der Waals surface area contributed by atoms with Crippen LogP contribution in [0.2, 0.25) is 0 Å². The van der Waals surface area contributed by atoms with Crippen molar-refractivity contribution in [3.8, 4) is 17.2 Å². The molecule has 0 saturated carbocycles. The lowest BCUT2D eigenvalue weighted by Crippen LogP contribution is -2.10. The zero-order chi connectivity index (χ0) is 19.3. The third kappa shape index (κ3) is 3.91. The highest BCUT2D eigenvalue weighted by Crippen LogP contribution is 2.20. The van der Waals surface area contributed by atoms with Crippen LogP contribution >= 0.6 is 0 Å². The summed E-state index contributed by atoms with van der Waals surface area (Å²) in [5.74, 6) is 1.49. The molecule has 3 aromatic heterocycles. The van der Waals surface area contributed by atoms with Crippen LogP contribution in [-0.2, 0) is 6.42 Å². The fraction of sp³-hybridized carbons (Fsp3) is 0.182. The van der Waals surface area contributed by atoms with Crippen molar-refractivity contribution < 1.29 is 0 Å². The van der Waals surface area contributed by atoms with E-state index in [0.29, 0.717) is 5.82 Å². The average Bonchev–Trinajstić information content (AvgIpc) is 3.21. The Balaban J connectivity index is 1.45. The Morgan fingerprint density at radius 2 is 1.79 bits per heavy atom. The maximum Gasteiger partial charge on any atom is 0.180 e. The first-order valence-electron chi connectivity index (χ1n) is 9.30. The minimum atomic E-state index is 0.642. The van der Waals surface area contributed by atoms with Crippen molar-refractivity contribution in [1.29, 1.82) is 0 Å². The highest BCUT2D eigenvalue weighted by Gasteiger charge is 2.10. The molecule has 6 heteroatoms. The quantitative estimate of drug-likeness (QED) is 0.556. The number of para-hydroxylation sites is 1. The number of hydrogen-bond acceptors (Lipinski definition) is 5. The Kier molecular flexibility index (Phi) is 5.10. The lowest BCUT2D eigenvalue weighted by atomic mass is 10.2. The van der Waals surface area contributed by atoms with Gasteiger partial charge in [-0.1, -0.05) is 24.3 Å². The molecular weight excluding hydrogens is 348 g/mol. The standard InChI is InChI=1S/C22H22N6/c1-16-17(2)26-22(20-10-6-7-12-23-20)27-21(16)24-13-11-18-14-25-28(15-18)19-8-4-3-5-9-19/h3-10,12,14-15H,11,13H2,1-2H3,(H,24,26,27). The number of pyridine rings is 1. The third-order valence-electron chi connectivity index (χ3n) is 4.65. The summed E-state index contributed by atoms with van der Waals surface area (Å²) in [4.78, 5) is 13.6. The second kappa shape index (κ2) is 8.00. The average molecular weight is 370 g/mol. The third-order valence-corrected chi connectivity index (χ3v) is 4.65. The van der Waals surface area contributed by atoms with Crippen molar-refractivity contribution in [2.24, 2.45) is 0 Å². The highest BCUT2D eigenvalue weighted by atomic mass is 15.3. The first-order chi connectivity index (χ1) is 13.7. The molecule has 0 bridgehead atoms. The molecule has 4 rings (SSSR count). The van der Waals surface area contributed by atoms with E-state index in [1.807, 2.05) is 73.3 Å². The van der Waals surface area contributed by atoms with Gasteiger partial charge in [-0.05, 0) is 50.1 Å². The molecule has 0 amide bonds. The lowest BCUT2D eigenvalue weighted by molar-refractivity contribution is 0.879. The van der Waals surface area contributed by atoms with Gasteiger partial charge in [-0.2, -0.15) is 5.10 Å². The van der Waals surface area contributed by atoms with E-state index >= 15 is 0 Å². The molecule has 1 aromatic carbocycles. The number of anilines is 1. The molecule has 0 aliphatic carbocycles. The van der Waals surface area contributed by atoms with Crippen molar-refractivity contribution in [2.75, 3.05) is 11.9 Å². The number of aromatic nitrogens is 5. The largest absolute Gasteiger partial charge is 0.369 e. The maximum atomic E-state index is 4.68. The summed E-state index contributed by atoms with van der Waals surface area (Å²) in [5.41, 5.74) is 5.02. The van der Waals surface area contributed by atoms with Crippen LogP contribution in [0, 0.1) is 13.8 Å². The van der Waals surface area contributed by atoms with Crippen LogP contribution in [0.25, 0.3) is 17.2 Å². The molecule has 0 radical (unpaired) electrons. The van der Waals surface area contributed by atoms with Gasteiger partial charge in [0.1, 0.15) is 11.5 Å². The number of rotatable bonds is 6. The fourth-order valence-electron chi connectivity index (χ4n) is 2.95. The normalized spacial score (nSPS) is 10.8. The summed E-state index contributed by atoms with van der Waals surface area (Å²) >= 11 is 0. The summed E-state index contributed by atoms with van der Waals surface area (Å²) in [7, 11) is 0. The summed E-state index contributed by atoms with van der Waals surface area (Å²) in [6, 6.07) is 15.9. The SMILES string of the molecule is Cc1nc(-c2ccccn2)nc(NCCc2cnn(-c3ccccc3)c2)c1C. The van der Waals surface area contributed by atoms with E-state index in [9.17, 15) is 0 Å². The fourth-order valence-corrected chi connectivity index (χ4v) is 2.95. The number of hydrogen-bond donors (Lipinski definition) is 1. The van der Waals surface area contributed by atoms with Crippen LogP contribution in [-0.4, -0.2) is 31.3 Å². The number of nitrogens with one attached hydrogen (secondary N) is 1. The monoisotopic (exact) mass is 370 g/mol. The maximum absolute atomic E-state index is 4.68. The molecule has 0 spiro atoms. The molecular formula is C22H22N6. The Morgan fingerprint density at radius 3 is 2.57 bits per heavy atom. The van der Waals surface area contributed by atoms with Crippen LogP contribution in [0.4, 0.5) is 5.82 Å². The molecule has 28 heavy (non-hydrogen) atoms. The van der Waals surface area contributed by atoms with Crippen molar-refractivity contribution in [2.45, 2.75) is 20.3 Å². The van der Waals surface area contributed by atoms with E-state index < -0.39 is 0 Å². The van der Waals surface area contributed by atoms with Gasteiger partial charge in [0.15, 0.2) is 5.82 Å². The van der Waals surface area contributed by atoms with E-state index in [2.05, 4.69) is 31.6 Å². The van der Waals surface area contributed by atoms with E-state index in [-0.39, 0.29) is 0 Å². The van der Waals surface area contributed by atoms with Crippen LogP contribution in [0.15, 0.2) is 67.1 Å². The highest BCUT2D eigenvalue weighted by molar-refractivity contribution is 5.56. The summed E-state index contributed by atoms with van der Waals surface area (Å²) in [6.07, 6.45) is 6.58. The molecule has 3 heterocycles. The Labute approximate surface area is 164 Å². The van der Waals surface area contributed by atoms with Gasteiger partial charge in [-0.25, -0.2) is 14.6 Å². The van der Waals surface area contributed by atoms with Crippen molar-refractivity contribution in [3.05, 3.63) is 83.9 Å². The number of benzene rings is 1. The van der Waals surface area contributed by atoms with Crippen LogP contribution < -0.4 is 5.32 Å². The second-order valence-corrected chi connectivity index (χ2v) is 6.63. The van der Waals surface area contributed by atoms with Crippen molar-refractivity contribution >= 4 is 5.82 Å². The molecule has 0 fully saturated rings. The number of nitrogens with zero attached hydrogens (tertiary/aromatic N) is 5. The van der Waals surface area contributed by atoms with Crippen LogP contribution in [0.3, 0.4) is 0 Å². The summed E-state index contributed by atoms with van der Waals surface area (Å²) in [6.45, 7) is 4.80. The van der Waals surface area contributed by atoms with Gasteiger partial charge in [0.05, 0.1) is 11.9 Å². The van der Waals surface area contributed by atoms with Gasteiger partial charge in [-0.3, -0.25) is 4.98 Å². The molecule has 4 aromatic rings. The Morgan fingerprint density at radius 1 is 0.964 bits per heavy atom. The van der Waals surface area contributed by atoms with E-state index in [0.717, 1.165) is 41.4 Å². The minimum absolute atomic E-state index is 0.642. The Hall–Kier alpha value is -3.54. The smallest absolute Gasteiger partial charge is 0.180 e. The van der Waals surface area contributed by atoms with Crippen LogP contribution in [0.1, 0.15) is 16.8 Å². The van der Waals surface area contributed by atoms with Gasteiger partial charge < -0.3 is 5.32 Å². The predicted molar refractivity (Wildman–Crippen MR) is 110 cm³/mol. The van der Waals surface area contributed by atoms with Crippen molar-refractivity contribution in [1.82, 2.24) is 24.7 Å². The topological polar surface area (TPSA) is 68.5 Å². The zero-order valence-electron chi connectivity index (χ0n) is 16.0. The first kappa shape index (κ1) is 17.9. The zero-order valence-corrected chi connectivity index (χ0v) is 16.0. The second-order valence-electron chi connectivity index (χ2n) is 6.63.